The normalized spacial score (nSPS) is 15.4. The van der Waals surface area contributed by atoms with Crippen LogP contribution >= 0.6 is 0 Å². The minimum Gasteiger partial charge on any atom is -0.462 e. The van der Waals surface area contributed by atoms with Crippen molar-refractivity contribution in [3.05, 3.63) is 23.8 Å². The first-order valence-electron chi connectivity index (χ1n) is 7.08. The van der Waals surface area contributed by atoms with Gasteiger partial charge in [-0.05, 0) is 24.7 Å². The van der Waals surface area contributed by atoms with Gasteiger partial charge in [0.1, 0.15) is 0 Å². The van der Waals surface area contributed by atoms with E-state index in [1.54, 1.807) is 0 Å². The number of esters is 1. The first kappa shape index (κ1) is 15.0. The van der Waals surface area contributed by atoms with Crippen LogP contribution in [0, 0.1) is 5.41 Å². The lowest BCUT2D eigenvalue weighted by Gasteiger charge is -2.24. The highest BCUT2D eigenvalue weighted by Gasteiger charge is 2.21. The van der Waals surface area contributed by atoms with Crippen LogP contribution in [-0.2, 0) is 9.53 Å². The van der Waals surface area contributed by atoms with Crippen molar-refractivity contribution in [2.75, 3.05) is 6.61 Å². The Labute approximate surface area is 111 Å². The molecule has 0 aromatic rings. The van der Waals surface area contributed by atoms with Gasteiger partial charge in [0.15, 0.2) is 0 Å². The smallest absolute Gasteiger partial charge is 0.334 e. The fourth-order valence-electron chi connectivity index (χ4n) is 2.05. The SMILES string of the molecule is CCCCCC(C)(C)COC(=O)C1=CC=CCC1. The highest BCUT2D eigenvalue weighted by Crippen LogP contribution is 2.25. The molecule has 0 heterocycles. The zero-order chi connectivity index (χ0) is 13.4. The summed E-state index contributed by atoms with van der Waals surface area (Å²) < 4.78 is 5.44. The fraction of sp³-hybridized carbons (Fsp3) is 0.688. The van der Waals surface area contributed by atoms with Crippen molar-refractivity contribution >= 4 is 5.97 Å². The molecule has 2 nitrogen and oxygen atoms in total. The summed E-state index contributed by atoms with van der Waals surface area (Å²) in [6, 6.07) is 0. The fourth-order valence-corrected chi connectivity index (χ4v) is 2.05. The number of carbonyl (C=O) groups excluding carboxylic acids is 1. The maximum absolute atomic E-state index is 11.9. The molecule has 1 aliphatic carbocycles. The molecule has 0 N–H and O–H groups in total. The summed E-state index contributed by atoms with van der Waals surface area (Å²) in [4.78, 5) is 11.9. The van der Waals surface area contributed by atoms with E-state index in [1.165, 1.54) is 19.3 Å². The first-order chi connectivity index (χ1) is 8.55. The van der Waals surface area contributed by atoms with Gasteiger partial charge < -0.3 is 4.74 Å². The molecule has 0 bridgehead atoms. The molecule has 0 saturated carbocycles. The lowest BCUT2D eigenvalue weighted by molar-refractivity contribution is -0.142. The number of rotatable bonds is 7. The molecule has 0 amide bonds. The molecule has 0 spiro atoms. The molecule has 0 aromatic heterocycles. The Balaban J connectivity index is 2.32. The predicted octanol–water partition coefficient (Wildman–Crippen LogP) is 4.41. The van der Waals surface area contributed by atoms with Gasteiger partial charge in [-0.3, -0.25) is 0 Å². The zero-order valence-corrected chi connectivity index (χ0v) is 12.0. The van der Waals surface area contributed by atoms with Crippen molar-refractivity contribution < 1.29 is 9.53 Å². The zero-order valence-electron chi connectivity index (χ0n) is 12.0. The third-order valence-electron chi connectivity index (χ3n) is 3.33. The Morgan fingerprint density at radius 3 is 2.78 bits per heavy atom. The maximum atomic E-state index is 11.9. The van der Waals surface area contributed by atoms with Crippen molar-refractivity contribution in [3.8, 4) is 0 Å². The molecule has 0 aliphatic heterocycles. The molecule has 1 aliphatic rings. The van der Waals surface area contributed by atoms with E-state index < -0.39 is 0 Å². The van der Waals surface area contributed by atoms with Gasteiger partial charge in [0.25, 0.3) is 0 Å². The average Bonchev–Trinajstić information content (AvgIpc) is 2.37. The van der Waals surface area contributed by atoms with E-state index in [2.05, 4.69) is 26.8 Å². The molecule has 0 saturated heterocycles. The molecule has 1 rings (SSSR count). The largest absolute Gasteiger partial charge is 0.462 e. The van der Waals surface area contributed by atoms with Gasteiger partial charge in [0, 0.05) is 5.57 Å². The Morgan fingerprint density at radius 1 is 1.39 bits per heavy atom. The van der Waals surface area contributed by atoms with Crippen molar-refractivity contribution in [2.24, 2.45) is 5.41 Å². The molecule has 0 fully saturated rings. The van der Waals surface area contributed by atoms with E-state index in [-0.39, 0.29) is 11.4 Å². The van der Waals surface area contributed by atoms with Crippen molar-refractivity contribution in [1.82, 2.24) is 0 Å². The lowest BCUT2D eigenvalue weighted by Crippen LogP contribution is -2.22. The van der Waals surface area contributed by atoms with Crippen LogP contribution in [-0.4, -0.2) is 12.6 Å². The van der Waals surface area contributed by atoms with Gasteiger partial charge in [0.05, 0.1) is 6.61 Å². The van der Waals surface area contributed by atoms with Gasteiger partial charge >= 0.3 is 5.97 Å². The van der Waals surface area contributed by atoms with Crippen LogP contribution in [0.5, 0.6) is 0 Å². The van der Waals surface area contributed by atoms with Gasteiger partial charge in [-0.1, -0.05) is 58.3 Å². The molecule has 2 heteroatoms. The van der Waals surface area contributed by atoms with Gasteiger partial charge in [0.2, 0.25) is 0 Å². The molecule has 0 atom stereocenters. The molecular weight excluding hydrogens is 224 g/mol. The topological polar surface area (TPSA) is 26.3 Å². The van der Waals surface area contributed by atoms with Gasteiger partial charge in [-0.15, -0.1) is 0 Å². The minimum absolute atomic E-state index is 0.0932. The summed E-state index contributed by atoms with van der Waals surface area (Å²) in [5, 5.41) is 0. The predicted molar refractivity (Wildman–Crippen MR) is 75.3 cm³/mol. The van der Waals surface area contributed by atoms with Crippen LogP contribution in [0.4, 0.5) is 0 Å². The van der Waals surface area contributed by atoms with Crippen LogP contribution in [0.2, 0.25) is 0 Å². The summed E-state index contributed by atoms with van der Waals surface area (Å²) in [5.74, 6) is -0.136. The van der Waals surface area contributed by atoms with E-state index in [9.17, 15) is 4.79 Å². The van der Waals surface area contributed by atoms with E-state index >= 15 is 0 Å². The number of hydrogen-bond donors (Lipinski definition) is 0. The second-order valence-corrected chi connectivity index (χ2v) is 5.86. The maximum Gasteiger partial charge on any atom is 0.334 e. The third-order valence-corrected chi connectivity index (χ3v) is 3.33. The number of allylic oxidation sites excluding steroid dienone is 3. The molecule has 18 heavy (non-hydrogen) atoms. The van der Waals surface area contributed by atoms with Crippen LogP contribution < -0.4 is 0 Å². The monoisotopic (exact) mass is 250 g/mol. The second kappa shape index (κ2) is 7.40. The van der Waals surface area contributed by atoms with Crippen molar-refractivity contribution in [3.63, 3.8) is 0 Å². The Hall–Kier alpha value is -1.05. The van der Waals surface area contributed by atoms with Gasteiger partial charge in [-0.25, -0.2) is 4.79 Å². The van der Waals surface area contributed by atoms with Gasteiger partial charge in [-0.2, -0.15) is 0 Å². The summed E-state index contributed by atoms with van der Waals surface area (Å²) in [5.41, 5.74) is 0.900. The second-order valence-electron chi connectivity index (χ2n) is 5.86. The quantitative estimate of drug-likeness (QED) is 0.494. The number of carbonyl (C=O) groups is 1. The van der Waals surface area contributed by atoms with E-state index in [4.69, 9.17) is 4.74 Å². The lowest BCUT2D eigenvalue weighted by atomic mass is 9.88. The third kappa shape index (κ3) is 5.52. The summed E-state index contributed by atoms with van der Waals surface area (Å²) in [7, 11) is 0. The molecule has 102 valence electrons. The molecule has 0 unspecified atom stereocenters. The highest BCUT2D eigenvalue weighted by atomic mass is 16.5. The highest BCUT2D eigenvalue weighted by molar-refractivity contribution is 5.89. The van der Waals surface area contributed by atoms with Crippen molar-refractivity contribution in [1.29, 1.82) is 0 Å². The average molecular weight is 250 g/mol. The van der Waals surface area contributed by atoms with Crippen LogP contribution in [0.25, 0.3) is 0 Å². The Morgan fingerprint density at radius 2 is 2.17 bits per heavy atom. The van der Waals surface area contributed by atoms with Crippen molar-refractivity contribution in [2.45, 2.75) is 59.3 Å². The number of hydrogen-bond acceptors (Lipinski definition) is 2. The summed E-state index contributed by atoms with van der Waals surface area (Å²) in [6.45, 7) is 7.07. The standard InChI is InChI=1S/C16H26O2/c1-4-5-9-12-16(2,3)13-18-15(17)14-10-7-6-8-11-14/h6-7,10H,4-5,8-9,11-13H2,1-3H3. The van der Waals surface area contributed by atoms with E-state index in [0.717, 1.165) is 24.8 Å². The van der Waals surface area contributed by atoms with Crippen LogP contribution in [0.15, 0.2) is 23.8 Å². The number of unbranched alkanes of at least 4 members (excludes halogenated alkanes) is 2. The molecule has 0 aromatic carbocycles. The summed E-state index contributed by atoms with van der Waals surface area (Å²) >= 11 is 0. The van der Waals surface area contributed by atoms with E-state index in [1.807, 2.05) is 12.2 Å². The Bertz CT molecular complexity index is 324. The summed E-state index contributed by atoms with van der Waals surface area (Å²) in [6.07, 6.45) is 12.5. The number of ether oxygens (including phenoxy) is 1. The van der Waals surface area contributed by atoms with E-state index in [0.29, 0.717) is 6.61 Å². The molecule has 0 radical (unpaired) electrons. The first-order valence-corrected chi connectivity index (χ1v) is 7.08. The molecular formula is C16H26O2. The minimum atomic E-state index is -0.136. The van der Waals surface area contributed by atoms with Crippen LogP contribution in [0.1, 0.15) is 59.3 Å². The van der Waals surface area contributed by atoms with Crippen LogP contribution in [0.3, 0.4) is 0 Å². The Kier molecular flexibility index (Phi) is 6.17.